The second-order valence-electron chi connectivity index (χ2n) is 7.55. The molecule has 122 valence electrons. The average Bonchev–Trinajstić information content (AvgIpc) is 3.11. The average molecular weight is 322 g/mol. The highest BCUT2D eigenvalue weighted by Crippen LogP contribution is 2.59. The van der Waals surface area contributed by atoms with Gasteiger partial charge in [0, 0.05) is 31.2 Å². The van der Waals surface area contributed by atoms with Crippen molar-refractivity contribution in [3.8, 4) is 0 Å². The molecule has 0 spiro atoms. The smallest absolute Gasteiger partial charge is 0.348 e. The third-order valence-electron chi connectivity index (χ3n) is 5.70. The fourth-order valence-electron chi connectivity index (χ4n) is 4.88. The van der Waals surface area contributed by atoms with Crippen LogP contribution in [0, 0.1) is 17.8 Å². The summed E-state index contributed by atoms with van der Waals surface area (Å²) in [5.41, 5.74) is 1.74. The number of rotatable bonds is 0. The monoisotopic (exact) mass is 322 g/mol. The molecule has 1 aromatic rings. The van der Waals surface area contributed by atoms with Crippen LogP contribution in [0.5, 0.6) is 0 Å². The Kier molecular flexibility index (Phi) is 2.56. The van der Waals surface area contributed by atoms with Crippen molar-refractivity contribution in [2.24, 2.45) is 17.8 Å². The van der Waals surface area contributed by atoms with E-state index in [0.717, 1.165) is 12.0 Å². The second kappa shape index (κ2) is 4.38. The Labute approximate surface area is 140 Å². The number of fused-ring (bicyclic) bond motifs is 8. The van der Waals surface area contributed by atoms with Crippen LogP contribution in [0.2, 0.25) is 0 Å². The molecule has 0 N–H and O–H groups in total. The van der Waals surface area contributed by atoms with E-state index in [4.69, 9.17) is 9.47 Å². The molecule has 1 saturated carbocycles. The molecule has 4 aliphatic rings. The van der Waals surface area contributed by atoms with Crippen molar-refractivity contribution in [1.29, 1.82) is 0 Å². The van der Waals surface area contributed by atoms with Crippen molar-refractivity contribution in [3.05, 3.63) is 58.9 Å². The molecule has 0 radical (unpaired) electrons. The highest BCUT2D eigenvalue weighted by molar-refractivity contribution is 6.25. The minimum Gasteiger partial charge on any atom is -0.456 e. The normalized spacial score (nSPS) is 34.9. The molecule has 24 heavy (non-hydrogen) atoms. The number of allylic oxidation sites excluding steroid dienone is 3. The third-order valence-corrected chi connectivity index (χ3v) is 5.70. The van der Waals surface area contributed by atoms with E-state index in [1.165, 1.54) is 0 Å². The molecular weight excluding hydrogens is 304 g/mol. The number of cyclic esters (lactones) is 1. The maximum atomic E-state index is 13.1. The van der Waals surface area contributed by atoms with Gasteiger partial charge in [-0.1, -0.05) is 36.4 Å². The third kappa shape index (κ3) is 1.68. The van der Waals surface area contributed by atoms with E-state index >= 15 is 0 Å². The lowest BCUT2D eigenvalue weighted by Crippen LogP contribution is -2.41. The van der Waals surface area contributed by atoms with Crippen molar-refractivity contribution in [1.82, 2.24) is 0 Å². The first kappa shape index (κ1) is 14.0. The van der Waals surface area contributed by atoms with Crippen molar-refractivity contribution in [2.75, 3.05) is 0 Å². The van der Waals surface area contributed by atoms with E-state index < -0.39 is 11.8 Å². The summed E-state index contributed by atoms with van der Waals surface area (Å²) in [6.07, 6.45) is 5.52. The molecule has 0 aromatic heterocycles. The van der Waals surface area contributed by atoms with Crippen LogP contribution in [0.25, 0.3) is 0 Å². The predicted molar refractivity (Wildman–Crippen MR) is 86.0 cm³/mol. The lowest BCUT2D eigenvalue weighted by atomic mass is 9.77. The van der Waals surface area contributed by atoms with Gasteiger partial charge in [-0.25, -0.2) is 4.79 Å². The van der Waals surface area contributed by atoms with Crippen LogP contribution in [0.1, 0.15) is 42.1 Å². The number of benzene rings is 1. The molecule has 4 atom stereocenters. The number of carbonyl (C=O) groups excluding carboxylic acids is 2. The summed E-state index contributed by atoms with van der Waals surface area (Å²) >= 11 is 0. The molecular formula is C20H18O4. The molecule has 0 amide bonds. The van der Waals surface area contributed by atoms with Crippen molar-refractivity contribution < 1.29 is 19.1 Å². The summed E-state index contributed by atoms with van der Waals surface area (Å²) in [5.74, 6) is -0.397. The Morgan fingerprint density at radius 1 is 1.00 bits per heavy atom. The molecule has 0 unspecified atom stereocenters. The van der Waals surface area contributed by atoms with Gasteiger partial charge in [0.1, 0.15) is 11.3 Å². The summed E-state index contributed by atoms with van der Waals surface area (Å²) < 4.78 is 11.4. The lowest BCUT2D eigenvalue weighted by molar-refractivity contribution is -0.210. The molecule has 3 aliphatic carbocycles. The van der Waals surface area contributed by atoms with Crippen LogP contribution in [0.15, 0.2) is 47.7 Å². The van der Waals surface area contributed by atoms with Crippen LogP contribution in [0.4, 0.5) is 0 Å². The molecule has 1 aliphatic heterocycles. The fraction of sp³-hybridized carbons (Fsp3) is 0.400. The number of ketones is 1. The molecule has 4 heteroatoms. The summed E-state index contributed by atoms with van der Waals surface area (Å²) in [6.45, 7) is 3.44. The van der Waals surface area contributed by atoms with Gasteiger partial charge in [-0.2, -0.15) is 0 Å². The summed E-state index contributed by atoms with van der Waals surface area (Å²) in [5, 5.41) is 0. The molecule has 0 saturated heterocycles. The maximum Gasteiger partial charge on any atom is 0.348 e. The number of hydrogen-bond acceptors (Lipinski definition) is 4. The molecule has 1 fully saturated rings. The lowest BCUT2D eigenvalue weighted by Gasteiger charge is -2.37. The van der Waals surface area contributed by atoms with Gasteiger partial charge in [0.2, 0.25) is 11.6 Å². The van der Waals surface area contributed by atoms with E-state index in [9.17, 15) is 9.59 Å². The Balaban J connectivity index is 1.80. The minimum absolute atomic E-state index is 0.0368. The van der Waals surface area contributed by atoms with Crippen LogP contribution >= 0.6 is 0 Å². The number of carbonyl (C=O) groups is 2. The molecule has 1 aromatic carbocycles. The zero-order chi connectivity index (χ0) is 16.6. The zero-order valence-electron chi connectivity index (χ0n) is 13.6. The van der Waals surface area contributed by atoms with Crippen LogP contribution in [-0.4, -0.2) is 17.5 Å². The highest BCUT2D eigenvalue weighted by atomic mass is 16.7. The van der Waals surface area contributed by atoms with E-state index in [1.807, 2.05) is 24.3 Å². The second-order valence-corrected chi connectivity index (χ2v) is 7.55. The van der Waals surface area contributed by atoms with Gasteiger partial charge in [-0.15, -0.1) is 0 Å². The number of esters is 1. The molecule has 4 nitrogen and oxygen atoms in total. The van der Waals surface area contributed by atoms with E-state index in [0.29, 0.717) is 23.2 Å². The number of ether oxygens (including phenoxy) is 2. The predicted octanol–water partition coefficient (Wildman–Crippen LogP) is 3.35. The fourth-order valence-corrected chi connectivity index (χ4v) is 4.88. The van der Waals surface area contributed by atoms with Crippen molar-refractivity contribution in [2.45, 2.75) is 32.0 Å². The maximum absolute atomic E-state index is 13.1. The Morgan fingerprint density at radius 3 is 2.50 bits per heavy atom. The first-order valence-corrected chi connectivity index (χ1v) is 8.45. The summed E-state index contributed by atoms with van der Waals surface area (Å²) in [4.78, 5) is 25.7. The Hall–Kier alpha value is -2.36. The van der Waals surface area contributed by atoms with Crippen LogP contribution in [-0.2, 0) is 14.3 Å². The van der Waals surface area contributed by atoms with E-state index in [-0.39, 0.29) is 23.2 Å². The highest BCUT2D eigenvalue weighted by Gasteiger charge is 2.55. The van der Waals surface area contributed by atoms with Gasteiger partial charge < -0.3 is 9.47 Å². The molecule has 5 rings (SSSR count). The number of Topliss-reactive ketones (excluding diaryl/α,β-unsaturated/α-hetero) is 1. The van der Waals surface area contributed by atoms with Gasteiger partial charge >= 0.3 is 5.97 Å². The van der Waals surface area contributed by atoms with Gasteiger partial charge in [0.15, 0.2) is 0 Å². The minimum atomic E-state index is -1.04. The SMILES string of the molecule is CC1(C)OC(=O)C2=C(O1)[C@@H]1[C@H](c3ccccc3C2=O)[C@@H]2C=C[C@H]1C2. The molecule has 1 heterocycles. The first-order chi connectivity index (χ1) is 11.5. The van der Waals surface area contributed by atoms with E-state index in [2.05, 4.69) is 12.2 Å². The van der Waals surface area contributed by atoms with Crippen molar-refractivity contribution in [3.63, 3.8) is 0 Å². The van der Waals surface area contributed by atoms with Crippen molar-refractivity contribution >= 4 is 11.8 Å². The zero-order valence-corrected chi connectivity index (χ0v) is 13.6. The quantitative estimate of drug-likeness (QED) is 0.417. The summed E-state index contributed by atoms with van der Waals surface area (Å²) in [6, 6.07) is 7.65. The first-order valence-electron chi connectivity index (χ1n) is 8.45. The molecule has 2 bridgehead atoms. The topological polar surface area (TPSA) is 52.6 Å². The van der Waals surface area contributed by atoms with E-state index in [1.54, 1.807) is 13.8 Å². The van der Waals surface area contributed by atoms with Crippen LogP contribution < -0.4 is 0 Å². The Bertz CT molecular complexity index is 845. The standard InChI is InChI=1S/C20H18O4/c1-20(2)23-18-15-11-8-7-10(9-11)14(15)12-5-3-4-6-13(12)17(21)16(18)19(22)24-20/h3-8,10-11,14-15H,9H2,1-2H3/t10-,11+,14+,15+/m1/s1. The summed E-state index contributed by atoms with van der Waals surface area (Å²) in [7, 11) is 0. The van der Waals surface area contributed by atoms with Gasteiger partial charge in [-0.05, 0) is 23.8 Å². The van der Waals surface area contributed by atoms with Crippen LogP contribution in [0.3, 0.4) is 0 Å². The van der Waals surface area contributed by atoms with Gasteiger partial charge in [-0.3, -0.25) is 4.79 Å². The Morgan fingerprint density at radius 2 is 1.71 bits per heavy atom. The number of hydrogen-bond donors (Lipinski definition) is 0. The van der Waals surface area contributed by atoms with Gasteiger partial charge in [0.25, 0.3) is 0 Å². The largest absolute Gasteiger partial charge is 0.456 e. The van der Waals surface area contributed by atoms with Gasteiger partial charge in [0.05, 0.1) is 0 Å².